The van der Waals surface area contributed by atoms with Crippen LogP contribution in [0.15, 0.2) is 24.3 Å². The molecule has 2 aliphatic heterocycles. The lowest BCUT2D eigenvalue weighted by Gasteiger charge is -2.15. The third kappa shape index (κ3) is 2.72. The zero-order valence-electron chi connectivity index (χ0n) is 15.6. The van der Waals surface area contributed by atoms with Gasteiger partial charge in [-0.3, -0.25) is 0 Å². The highest BCUT2D eigenvalue weighted by Crippen LogP contribution is 2.37. The Morgan fingerprint density at radius 2 is 0.857 bits per heavy atom. The van der Waals surface area contributed by atoms with Crippen molar-refractivity contribution < 1.29 is 28.7 Å². The minimum Gasteiger partial charge on any atom is -0.386 e. The predicted molar refractivity (Wildman–Crippen MR) is 99.4 cm³/mol. The SMILES string of the molecule is CCCc1cc2c3cc1-c1cc(c(cc1CCC)C(=O)OC2=O)C(=O)OC3=O. The highest BCUT2D eigenvalue weighted by molar-refractivity contribution is 6.17. The monoisotopic (exact) mass is 378 g/mol. The first-order chi connectivity index (χ1) is 13.4. The lowest BCUT2D eigenvalue weighted by molar-refractivity contribution is 0.0334. The fourth-order valence-electron chi connectivity index (χ4n) is 3.81. The summed E-state index contributed by atoms with van der Waals surface area (Å²) in [4.78, 5) is 50.5. The second kappa shape index (κ2) is 6.71. The predicted octanol–water partition coefficient (Wildman–Crippen LogP) is 3.88. The molecule has 6 heteroatoms. The fraction of sp³-hybridized carbons (Fsp3) is 0.273. The van der Waals surface area contributed by atoms with Gasteiger partial charge >= 0.3 is 23.9 Å². The van der Waals surface area contributed by atoms with Crippen molar-refractivity contribution in [3.8, 4) is 11.1 Å². The standard InChI is InChI=1S/C22H18O6/c1-3-5-11-7-15-17-9-13(11)14-10-18(22(26)28-21(17)25)16(8-12(14)6-4-2)20(24)27-19(15)23/h7-10H,3-6H2,1-2H3. The van der Waals surface area contributed by atoms with Gasteiger partial charge in [-0.2, -0.15) is 0 Å². The number of fused-ring (bicyclic) bond motifs is 5. The van der Waals surface area contributed by atoms with Gasteiger partial charge in [0.05, 0.1) is 22.3 Å². The maximum absolute atomic E-state index is 12.6. The van der Waals surface area contributed by atoms with Crippen molar-refractivity contribution in [1.29, 1.82) is 0 Å². The average molecular weight is 378 g/mol. The number of hydrogen-bond donors (Lipinski definition) is 0. The molecule has 0 saturated heterocycles. The molecule has 0 saturated carbocycles. The summed E-state index contributed by atoms with van der Waals surface area (Å²) < 4.78 is 9.99. The molecule has 0 aromatic heterocycles. The van der Waals surface area contributed by atoms with E-state index in [1.165, 1.54) is 0 Å². The molecule has 0 fully saturated rings. The van der Waals surface area contributed by atoms with Crippen LogP contribution in [0, 0.1) is 0 Å². The minimum atomic E-state index is -0.930. The van der Waals surface area contributed by atoms with E-state index in [2.05, 4.69) is 0 Å². The van der Waals surface area contributed by atoms with Gasteiger partial charge in [0, 0.05) is 0 Å². The molecule has 0 spiro atoms. The van der Waals surface area contributed by atoms with Crippen LogP contribution in [0.1, 0.15) is 79.2 Å². The Kier molecular flexibility index (Phi) is 4.34. The highest BCUT2D eigenvalue weighted by atomic mass is 16.6. The van der Waals surface area contributed by atoms with E-state index in [0.29, 0.717) is 12.8 Å². The molecule has 2 aliphatic rings. The summed E-state index contributed by atoms with van der Waals surface area (Å²) >= 11 is 0. The van der Waals surface area contributed by atoms with Crippen molar-refractivity contribution in [2.75, 3.05) is 0 Å². The van der Waals surface area contributed by atoms with Gasteiger partial charge < -0.3 is 9.47 Å². The van der Waals surface area contributed by atoms with E-state index in [1.54, 1.807) is 24.3 Å². The Balaban J connectivity index is 2.19. The lowest BCUT2D eigenvalue weighted by Crippen LogP contribution is -2.23. The van der Waals surface area contributed by atoms with Crippen LogP contribution in [0.3, 0.4) is 0 Å². The van der Waals surface area contributed by atoms with Gasteiger partial charge in [-0.25, -0.2) is 19.2 Å². The molecule has 0 atom stereocenters. The molecule has 4 rings (SSSR count). The van der Waals surface area contributed by atoms with Crippen molar-refractivity contribution in [1.82, 2.24) is 0 Å². The molecule has 0 aliphatic carbocycles. The average Bonchev–Trinajstić information content (AvgIpc) is 2.68. The molecular weight excluding hydrogens is 360 g/mol. The first-order valence-electron chi connectivity index (χ1n) is 9.31. The quantitative estimate of drug-likeness (QED) is 0.593. The van der Waals surface area contributed by atoms with Crippen molar-refractivity contribution in [3.05, 3.63) is 57.6 Å². The zero-order valence-corrected chi connectivity index (χ0v) is 15.6. The van der Waals surface area contributed by atoms with Crippen LogP contribution in [0.2, 0.25) is 0 Å². The molecule has 4 bridgehead atoms. The summed E-state index contributed by atoms with van der Waals surface area (Å²) in [5, 5.41) is 0. The smallest absolute Gasteiger partial charge is 0.346 e. The molecule has 0 amide bonds. The first kappa shape index (κ1) is 18.1. The summed E-state index contributed by atoms with van der Waals surface area (Å²) in [6.45, 7) is 4.02. The number of carbonyl (C=O) groups excluding carboxylic acids is 4. The van der Waals surface area contributed by atoms with Crippen molar-refractivity contribution >= 4 is 23.9 Å². The van der Waals surface area contributed by atoms with Crippen molar-refractivity contribution in [2.45, 2.75) is 39.5 Å². The third-order valence-electron chi connectivity index (χ3n) is 5.07. The molecule has 142 valence electrons. The number of rotatable bonds is 4. The second-order valence-corrected chi connectivity index (χ2v) is 6.96. The largest absolute Gasteiger partial charge is 0.386 e. The van der Waals surface area contributed by atoms with Gasteiger partial charge in [-0.15, -0.1) is 0 Å². The molecule has 28 heavy (non-hydrogen) atoms. The zero-order chi connectivity index (χ0) is 20.0. The number of cyclic esters (lactones) is 2. The van der Waals surface area contributed by atoms with Gasteiger partial charge in [0.25, 0.3) is 0 Å². The molecule has 0 N–H and O–H groups in total. The summed E-state index contributed by atoms with van der Waals surface area (Å²) in [7, 11) is 0. The normalized spacial score (nSPS) is 14.8. The van der Waals surface area contributed by atoms with E-state index in [9.17, 15) is 19.2 Å². The number of carbonyl (C=O) groups is 4. The number of hydrogen-bond acceptors (Lipinski definition) is 6. The summed E-state index contributed by atoms with van der Waals surface area (Å²) in [6, 6.07) is 6.31. The van der Waals surface area contributed by atoms with Crippen LogP contribution in [0.25, 0.3) is 11.1 Å². The Labute approximate surface area is 161 Å². The van der Waals surface area contributed by atoms with Crippen molar-refractivity contribution in [2.24, 2.45) is 0 Å². The van der Waals surface area contributed by atoms with E-state index < -0.39 is 23.9 Å². The third-order valence-corrected chi connectivity index (χ3v) is 5.07. The highest BCUT2D eigenvalue weighted by Gasteiger charge is 2.34. The van der Waals surface area contributed by atoms with Crippen LogP contribution in [0.5, 0.6) is 0 Å². The number of aryl methyl sites for hydroxylation is 2. The summed E-state index contributed by atoms with van der Waals surface area (Å²) in [5.41, 5.74) is 2.96. The number of esters is 4. The Hall–Kier alpha value is -3.28. The maximum Gasteiger partial charge on any atom is 0.346 e. The molecule has 2 heterocycles. The van der Waals surface area contributed by atoms with Gasteiger partial charge in [0.1, 0.15) is 0 Å². The van der Waals surface area contributed by atoms with E-state index in [1.807, 2.05) is 13.8 Å². The van der Waals surface area contributed by atoms with E-state index in [4.69, 9.17) is 9.47 Å². The molecule has 0 unspecified atom stereocenters. The van der Waals surface area contributed by atoms with Crippen molar-refractivity contribution in [3.63, 3.8) is 0 Å². The lowest BCUT2D eigenvalue weighted by atomic mass is 9.87. The van der Waals surface area contributed by atoms with E-state index in [0.717, 1.165) is 35.1 Å². The molecule has 0 radical (unpaired) electrons. The molecule has 2 aromatic carbocycles. The summed E-state index contributed by atoms with van der Waals surface area (Å²) in [6.07, 6.45) is 2.96. The topological polar surface area (TPSA) is 86.7 Å². The fourth-order valence-corrected chi connectivity index (χ4v) is 3.81. The maximum atomic E-state index is 12.6. The molecule has 2 aromatic rings. The molecular formula is C22H18O6. The van der Waals surface area contributed by atoms with Gasteiger partial charge in [-0.05, 0) is 59.4 Å². The number of benzene rings is 2. The van der Waals surface area contributed by atoms with Crippen LogP contribution in [-0.4, -0.2) is 23.9 Å². The van der Waals surface area contributed by atoms with Crippen LogP contribution >= 0.6 is 0 Å². The van der Waals surface area contributed by atoms with E-state index >= 15 is 0 Å². The van der Waals surface area contributed by atoms with E-state index in [-0.39, 0.29) is 22.3 Å². The number of ether oxygens (including phenoxy) is 2. The van der Waals surface area contributed by atoms with Crippen LogP contribution < -0.4 is 0 Å². The van der Waals surface area contributed by atoms with Crippen LogP contribution in [-0.2, 0) is 22.3 Å². The van der Waals surface area contributed by atoms with Gasteiger partial charge in [-0.1, -0.05) is 26.7 Å². The van der Waals surface area contributed by atoms with Gasteiger partial charge in [0.2, 0.25) is 0 Å². The molecule has 6 nitrogen and oxygen atoms in total. The van der Waals surface area contributed by atoms with Gasteiger partial charge in [0.15, 0.2) is 0 Å². The Morgan fingerprint density at radius 3 is 1.18 bits per heavy atom. The second-order valence-electron chi connectivity index (χ2n) is 6.96. The minimum absolute atomic E-state index is 0.0682. The van der Waals surface area contributed by atoms with Crippen LogP contribution in [0.4, 0.5) is 0 Å². The first-order valence-corrected chi connectivity index (χ1v) is 9.31. The summed E-state index contributed by atoms with van der Waals surface area (Å²) in [5.74, 6) is -3.72. The Bertz CT molecular complexity index is 980. The Morgan fingerprint density at radius 1 is 0.536 bits per heavy atom.